The number of rotatable bonds is 3. The average molecular weight is 479 g/mol. The number of piperazine rings is 1. The molecular weight excluding hydrogens is 458 g/mol. The lowest BCUT2D eigenvalue weighted by Crippen LogP contribution is -2.48. The Morgan fingerprint density at radius 1 is 1.24 bits per heavy atom. The van der Waals surface area contributed by atoms with Crippen molar-refractivity contribution in [3.63, 3.8) is 0 Å². The molecule has 1 saturated heterocycles. The lowest BCUT2D eigenvalue weighted by Gasteiger charge is -2.35. The van der Waals surface area contributed by atoms with Gasteiger partial charge in [0.15, 0.2) is 0 Å². The Kier molecular flexibility index (Phi) is 5.80. The van der Waals surface area contributed by atoms with Crippen LogP contribution in [0.2, 0.25) is 0 Å². The van der Waals surface area contributed by atoms with Gasteiger partial charge in [-0.25, -0.2) is 14.4 Å². The van der Waals surface area contributed by atoms with Gasteiger partial charge >= 0.3 is 6.18 Å². The number of hydrogen-bond donors (Lipinski definition) is 1. The second kappa shape index (κ2) is 8.35. The smallest absolute Gasteiger partial charge is 0.383 e. The molecule has 1 aliphatic carbocycles. The quantitative estimate of drug-likeness (QED) is 0.538. The molecule has 1 aliphatic heterocycles. The third-order valence-electron chi connectivity index (χ3n) is 5.89. The lowest BCUT2D eigenvalue weighted by molar-refractivity contribution is -0.143. The first kappa shape index (κ1) is 23.6. The van der Waals surface area contributed by atoms with Crippen molar-refractivity contribution < 1.29 is 27.5 Å². The van der Waals surface area contributed by atoms with E-state index in [0.29, 0.717) is 6.07 Å². The van der Waals surface area contributed by atoms with Crippen LogP contribution in [-0.4, -0.2) is 62.2 Å². The molecule has 34 heavy (non-hydrogen) atoms. The minimum atomic E-state index is -5.06. The molecule has 0 aromatic carbocycles. The van der Waals surface area contributed by atoms with Gasteiger partial charge in [0.2, 0.25) is 5.91 Å². The third kappa shape index (κ3) is 3.98. The second-order valence-corrected chi connectivity index (χ2v) is 8.22. The van der Waals surface area contributed by atoms with Gasteiger partial charge in [0.25, 0.3) is 5.56 Å². The van der Waals surface area contributed by atoms with Crippen LogP contribution in [0, 0.1) is 0 Å². The van der Waals surface area contributed by atoms with Crippen LogP contribution in [0.4, 0.5) is 23.4 Å². The highest BCUT2D eigenvalue weighted by Gasteiger charge is 2.42. The maximum atomic E-state index is 14.7. The molecule has 2 aliphatic rings. The minimum absolute atomic E-state index is 0.0928. The molecule has 1 atom stereocenters. The Morgan fingerprint density at radius 2 is 1.91 bits per heavy atom. The molecule has 2 aromatic rings. The van der Waals surface area contributed by atoms with E-state index in [4.69, 9.17) is 0 Å². The van der Waals surface area contributed by atoms with Crippen LogP contribution >= 0.6 is 0 Å². The van der Waals surface area contributed by atoms with Gasteiger partial charge in [-0.05, 0) is 31.6 Å². The zero-order valence-corrected chi connectivity index (χ0v) is 18.1. The van der Waals surface area contributed by atoms with Gasteiger partial charge in [0.1, 0.15) is 34.8 Å². The number of alkyl halides is 3. The summed E-state index contributed by atoms with van der Waals surface area (Å²) < 4.78 is 57.2. The standard InChI is InChI=1S/C22H21F4N5O3/c1-3-16(32)29-7-9-30(10-8-29)19-13-11-15(22(24,25)26)31(20(33)17(13)27-12-28-19)18-14(23)5-4-6-21(18,2)34/h3-5,11-12,34H,1,6-10H2,2H3/t21-/m0/s1. The molecule has 3 heterocycles. The summed E-state index contributed by atoms with van der Waals surface area (Å²) in [6.07, 6.45) is -0.826. The molecule has 1 fully saturated rings. The van der Waals surface area contributed by atoms with Gasteiger partial charge in [-0.15, -0.1) is 0 Å². The van der Waals surface area contributed by atoms with Crippen molar-refractivity contribution in [2.75, 3.05) is 31.1 Å². The largest absolute Gasteiger partial charge is 0.431 e. The van der Waals surface area contributed by atoms with E-state index < -0.39 is 34.6 Å². The third-order valence-corrected chi connectivity index (χ3v) is 5.89. The highest BCUT2D eigenvalue weighted by Crippen LogP contribution is 2.39. The number of anilines is 1. The van der Waals surface area contributed by atoms with Crippen molar-refractivity contribution in [3.8, 4) is 0 Å². The number of allylic oxidation sites excluding steroid dienone is 2. The van der Waals surface area contributed by atoms with Crippen LogP contribution in [0.3, 0.4) is 0 Å². The van der Waals surface area contributed by atoms with Gasteiger partial charge in [-0.1, -0.05) is 12.7 Å². The lowest BCUT2D eigenvalue weighted by atomic mass is 9.92. The zero-order valence-electron chi connectivity index (χ0n) is 18.1. The molecule has 12 heteroatoms. The molecule has 8 nitrogen and oxygen atoms in total. The maximum Gasteiger partial charge on any atom is 0.431 e. The number of carbonyl (C=O) groups excluding carboxylic acids is 1. The summed E-state index contributed by atoms with van der Waals surface area (Å²) in [5.74, 6) is -1.32. The van der Waals surface area contributed by atoms with Gasteiger partial charge in [-0.2, -0.15) is 13.2 Å². The Labute approximate surface area is 191 Å². The average Bonchev–Trinajstić information content (AvgIpc) is 2.78. The number of pyridine rings is 1. The van der Waals surface area contributed by atoms with E-state index >= 15 is 0 Å². The number of nitrogens with zero attached hydrogens (tertiary/aromatic N) is 5. The molecule has 180 valence electrons. The molecule has 2 aromatic heterocycles. The van der Waals surface area contributed by atoms with Gasteiger partial charge < -0.3 is 14.9 Å². The van der Waals surface area contributed by atoms with Gasteiger partial charge in [0, 0.05) is 26.2 Å². The molecule has 1 N–H and O–H groups in total. The Bertz CT molecular complexity index is 1290. The van der Waals surface area contributed by atoms with Crippen molar-refractivity contribution in [1.29, 1.82) is 0 Å². The van der Waals surface area contributed by atoms with Gasteiger partial charge in [-0.3, -0.25) is 14.2 Å². The molecule has 0 spiro atoms. The highest BCUT2D eigenvalue weighted by molar-refractivity contribution is 5.90. The Balaban J connectivity index is 1.91. The normalized spacial score (nSPS) is 21.4. The van der Waals surface area contributed by atoms with Crippen molar-refractivity contribution in [2.45, 2.75) is 25.1 Å². The summed E-state index contributed by atoms with van der Waals surface area (Å²) in [6.45, 7) is 5.66. The SMILES string of the molecule is C=CC(=O)N1CCN(c2ncnc3c(=O)n(C4=C(F)C=CC[C@]4(C)O)c(C(F)(F)F)cc23)CC1. The van der Waals surface area contributed by atoms with Crippen LogP contribution in [0.5, 0.6) is 0 Å². The number of fused-ring (bicyclic) bond motifs is 1. The van der Waals surface area contributed by atoms with Crippen molar-refractivity contribution >= 4 is 28.3 Å². The number of carbonyl (C=O) groups is 1. The molecule has 0 radical (unpaired) electrons. The summed E-state index contributed by atoms with van der Waals surface area (Å²) >= 11 is 0. The van der Waals surface area contributed by atoms with Crippen LogP contribution in [0.1, 0.15) is 19.0 Å². The summed E-state index contributed by atoms with van der Waals surface area (Å²) in [6, 6.07) is 0.696. The molecule has 1 amide bonds. The first-order valence-corrected chi connectivity index (χ1v) is 10.4. The molecule has 4 rings (SSSR count). The van der Waals surface area contributed by atoms with E-state index in [0.717, 1.165) is 19.3 Å². The summed E-state index contributed by atoms with van der Waals surface area (Å²) in [4.78, 5) is 36.3. The topological polar surface area (TPSA) is 91.6 Å². The maximum absolute atomic E-state index is 14.7. The Hall–Kier alpha value is -3.54. The first-order valence-electron chi connectivity index (χ1n) is 10.4. The number of aromatic nitrogens is 3. The first-order chi connectivity index (χ1) is 16.0. The van der Waals surface area contributed by atoms with Crippen LogP contribution in [0.25, 0.3) is 16.6 Å². The minimum Gasteiger partial charge on any atom is -0.383 e. The van der Waals surface area contributed by atoms with E-state index in [1.807, 2.05) is 0 Å². The Morgan fingerprint density at radius 3 is 2.50 bits per heavy atom. The van der Waals surface area contributed by atoms with E-state index in [2.05, 4.69) is 16.5 Å². The molecule has 0 saturated carbocycles. The summed E-state index contributed by atoms with van der Waals surface area (Å²) in [5, 5.41) is 10.5. The fraction of sp³-hybridized carbons (Fsp3) is 0.364. The van der Waals surface area contributed by atoms with E-state index in [1.165, 1.54) is 17.1 Å². The number of halogens is 4. The number of aliphatic hydroxyl groups is 1. The predicted molar refractivity (Wildman–Crippen MR) is 116 cm³/mol. The second-order valence-electron chi connectivity index (χ2n) is 8.22. The summed E-state index contributed by atoms with van der Waals surface area (Å²) in [5.41, 5.74) is -5.89. The number of amides is 1. The van der Waals surface area contributed by atoms with Crippen LogP contribution < -0.4 is 10.5 Å². The fourth-order valence-electron chi connectivity index (χ4n) is 4.23. The fourth-order valence-corrected chi connectivity index (χ4v) is 4.23. The van der Waals surface area contributed by atoms with Crippen molar-refractivity contribution in [3.05, 3.63) is 59.1 Å². The van der Waals surface area contributed by atoms with Crippen molar-refractivity contribution in [1.82, 2.24) is 19.4 Å². The predicted octanol–water partition coefficient (Wildman–Crippen LogP) is 2.49. The monoisotopic (exact) mass is 479 g/mol. The molecular formula is C22H21F4N5O3. The van der Waals surface area contributed by atoms with Crippen LogP contribution in [0.15, 0.2) is 47.8 Å². The van der Waals surface area contributed by atoms with Crippen molar-refractivity contribution in [2.24, 2.45) is 0 Å². The van der Waals surface area contributed by atoms with Crippen LogP contribution in [-0.2, 0) is 11.0 Å². The number of hydrogen-bond acceptors (Lipinski definition) is 6. The van der Waals surface area contributed by atoms with E-state index in [1.54, 1.807) is 4.90 Å². The van der Waals surface area contributed by atoms with Gasteiger partial charge in [0.05, 0.1) is 11.1 Å². The summed E-state index contributed by atoms with van der Waals surface area (Å²) in [7, 11) is 0. The van der Waals surface area contributed by atoms with E-state index in [-0.39, 0.29) is 59.8 Å². The van der Waals surface area contributed by atoms with E-state index in [9.17, 15) is 32.3 Å². The molecule has 0 unspecified atom stereocenters. The highest BCUT2D eigenvalue weighted by atomic mass is 19.4. The zero-order chi connectivity index (χ0) is 24.8. The molecule has 0 bridgehead atoms.